The lowest BCUT2D eigenvalue weighted by molar-refractivity contribution is -0.00539. The van der Waals surface area contributed by atoms with Gasteiger partial charge < -0.3 is 25.0 Å². The van der Waals surface area contributed by atoms with Crippen molar-refractivity contribution in [2.75, 3.05) is 43.6 Å². The van der Waals surface area contributed by atoms with Crippen LogP contribution in [0.2, 0.25) is 0 Å². The molecule has 1 heterocycles. The predicted molar refractivity (Wildman–Crippen MR) is 87.5 cm³/mol. The van der Waals surface area contributed by atoms with E-state index in [0.29, 0.717) is 37.6 Å². The van der Waals surface area contributed by atoms with Crippen LogP contribution in [0.5, 0.6) is 0 Å². The average molecular weight is 325 g/mol. The molecule has 2 rings (SSSR count). The van der Waals surface area contributed by atoms with E-state index in [1.807, 2.05) is 18.7 Å². The number of halogens is 1. The van der Waals surface area contributed by atoms with Crippen molar-refractivity contribution in [3.05, 3.63) is 24.0 Å². The molecular weight excluding hydrogens is 301 g/mol. The van der Waals surface area contributed by atoms with Crippen LogP contribution in [0.1, 0.15) is 13.8 Å². The van der Waals surface area contributed by atoms with Crippen LogP contribution in [0.25, 0.3) is 0 Å². The molecule has 2 amide bonds. The Morgan fingerprint density at radius 1 is 1.39 bits per heavy atom. The van der Waals surface area contributed by atoms with Gasteiger partial charge in [0.05, 0.1) is 24.5 Å². The highest BCUT2D eigenvalue weighted by Gasteiger charge is 2.24. The summed E-state index contributed by atoms with van der Waals surface area (Å²) in [6.45, 7) is 6.05. The van der Waals surface area contributed by atoms with Crippen molar-refractivity contribution in [1.82, 2.24) is 5.32 Å². The van der Waals surface area contributed by atoms with Gasteiger partial charge in [-0.2, -0.15) is 0 Å². The number of methoxy groups -OCH3 is 1. The second kappa shape index (κ2) is 8.12. The van der Waals surface area contributed by atoms with Crippen LogP contribution in [0.3, 0.4) is 0 Å². The fraction of sp³-hybridized carbons (Fsp3) is 0.562. The molecule has 128 valence electrons. The molecule has 2 N–H and O–H groups in total. The highest BCUT2D eigenvalue weighted by Crippen LogP contribution is 2.26. The van der Waals surface area contributed by atoms with Crippen LogP contribution < -0.4 is 15.5 Å². The van der Waals surface area contributed by atoms with Crippen LogP contribution in [0.15, 0.2) is 18.2 Å². The van der Waals surface area contributed by atoms with Gasteiger partial charge in [0.2, 0.25) is 0 Å². The van der Waals surface area contributed by atoms with Gasteiger partial charge in [-0.1, -0.05) is 0 Å². The van der Waals surface area contributed by atoms with Gasteiger partial charge in [-0.3, -0.25) is 0 Å². The number of anilines is 2. The molecule has 0 aromatic heterocycles. The lowest BCUT2D eigenvalue weighted by Crippen LogP contribution is -2.45. The van der Waals surface area contributed by atoms with Crippen LogP contribution in [-0.2, 0) is 9.47 Å². The first-order chi connectivity index (χ1) is 11.0. The molecule has 23 heavy (non-hydrogen) atoms. The summed E-state index contributed by atoms with van der Waals surface area (Å²) in [4.78, 5) is 13.6. The van der Waals surface area contributed by atoms with E-state index in [9.17, 15) is 9.18 Å². The van der Waals surface area contributed by atoms with Gasteiger partial charge in [0, 0.05) is 32.4 Å². The van der Waals surface area contributed by atoms with E-state index in [1.54, 1.807) is 19.2 Å². The van der Waals surface area contributed by atoms with E-state index in [4.69, 9.17) is 9.47 Å². The minimum atomic E-state index is -0.386. The third kappa shape index (κ3) is 5.07. The number of carbonyl (C=O) groups excluding carboxylic acids is 1. The lowest BCUT2D eigenvalue weighted by Gasteiger charge is -2.37. The molecule has 1 aliphatic heterocycles. The normalized spacial score (nSPS) is 21.1. The number of nitrogens with zero attached hydrogens (tertiary/aromatic N) is 1. The first-order valence-electron chi connectivity index (χ1n) is 7.73. The number of morpholine rings is 1. The maximum absolute atomic E-state index is 14.4. The molecule has 6 nitrogen and oxygen atoms in total. The van der Waals surface area contributed by atoms with Crippen molar-refractivity contribution in [2.24, 2.45) is 0 Å². The highest BCUT2D eigenvalue weighted by molar-refractivity contribution is 5.89. The Bertz CT molecular complexity index is 531. The van der Waals surface area contributed by atoms with Gasteiger partial charge in [-0.05, 0) is 32.0 Å². The van der Waals surface area contributed by atoms with Crippen LogP contribution in [-0.4, -0.2) is 51.6 Å². The summed E-state index contributed by atoms with van der Waals surface area (Å²) in [6.07, 6.45) is 0.116. The molecule has 1 saturated heterocycles. The van der Waals surface area contributed by atoms with E-state index in [0.717, 1.165) is 0 Å². The van der Waals surface area contributed by atoms with Crippen molar-refractivity contribution in [1.29, 1.82) is 0 Å². The van der Waals surface area contributed by atoms with Crippen molar-refractivity contribution in [2.45, 2.75) is 26.1 Å². The molecular formula is C16H24FN3O3. The van der Waals surface area contributed by atoms with Gasteiger partial charge in [0.1, 0.15) is 5.82 Å². The van der Waals surface area contributed by atoms with Crippen LogP contribution in [0.4, 0.5) is 20.6 Å². The van der Waals surface area contributed by atoms with Crippen LogP contribution >= 0.6 is 0 Å². The Balaban J connectivity index is 1.99. The van der Waals surface area contributed by atoms with E-state index in [1.165, 1.54) is 6.07 Å². The largest absolute Gasteiger partial charge is 0.383 e. The first-order valence-corrected chi connectivity index (χ1v) is 7.73. The minimum absolute atomic E-state index is 0.0579. The summed E-state index contributed by atoms with van der Waals surface area (Å²) in [5.41, 5.74) is 0.938. The Hall–Kier alpha value is -1.86. The number of rotatable bonds is 5. The Labute approximate surface area is 135 Å². The smallest absolute Gasteiger partial charge is 0.319 e. The fourth-order valence-corrected chi connectivity index (χ4v) is 2.66. The molecule has 0 spiro atoms. The number of urea groups is 1. The second-order valence-corrected chi connectivity index (χ2v) is 5.70. The molecule has 0 radical (unpaired) electrons. The second-order valence-electron chi connectivity index (χ2n) is 5.70. The Morgan fingerprint density at radius 2 is 2.09 bits per heavy atom. The van der Waals surface area contributed by atoms with Gasteiger partial charge in [0.25, 0.3) is 0 Å². The number of carbonyl (C=O) groups is 1. The summed E-state index contributed by atoms with van der Waals surface area (Å²) in [5, 5.41) is 5.22. The van der Waals surface area contributed by atoms with E-state index < -0.39 is 0 Å². The first kappa shape index (κ1) is 17.5. The molecule has 2 atom stereocenters. The number of nitrogens with one attached hydrogen (secondary N) is 2. The predicted octanol–water partition coefficient (Wildman–Crippen LogP) is 2.21. The van der Waals surface area contributed by atoms with Gasteiger partial charge in [-0.25, -0.2) is 9.18 Å². The standard InChI is InChI=1S/C16H24FN3O3/c1-11-9-20(10-12(2)23-11)15-5-4-13(8-14(15)17)19-16(21)18-6-7-22-3/h4-5,8,11-12H,6-7,9-10H2,1-3H3,(H2,18,19,21). The number of benzene rings is 1. The molecule has 2 unspecified atom stereocenters. The van der Waals surface area contributed by atoms with E-state index in [-0.39, 0.29) is 24.1 Å². The van der Waals surface area contributed by atoms with Gasteiger partial charge >= 0.3 is 6.03 Å². The summed E-state index contributed by atoms with van der Waals surface area (Å²) in [5.74, 6) is -0.360. The van der Waals surface area contributed by atoms with Gasteiger partial charge in [0.15, 0.2) is 0 Å². The molecule has 1 fully saturated rings. The van der Waals surface area contributed by atoms with Crippen molar-refractivity contribution in [3.8, 4) is 0 Å². The molecule has 1 aromatic rings. The third-order valence-electron chi connectivity index (χ3n) is 3.56. The topological polar surface area (TPSA) is 62.8 Å². The van der Waals surface area contributed by atoms with Gasteiger partial charge in [-0.15, -0.1) is 0 Å². The Morgan fingerprint density at radius 3 is 2.70 bits per heavy atom. The molecule has 1 aromatic carbocycles. The van der Waals surface area contributed by atoms with E-state index in [2.05, 4.69) is 10.6 Å². The summed E-state index contributed by atoms with van der Waals surface area (Å²) >= 11 is 0. The maximum Gasteiger partial charge on any atom is 0.319 e. The SMILES string of the molecule is COCCNC(=O)Nc1ccc(N2CC(C)OC(C)C2)c(F)c1. The van der Waals surface area contributed by atoms with E-state index >= 15 is 0 Å². The fourth-order valence-electron chi connectivity index (χ4n) is 2.66. The molecule has 0 aliphatic carbocycles. The van der Waals surface area contributed by atoms with Crippen molar-refractivity contribution >= 4 is 17.4 Å². The quantitative estimate of drug-likeness (QED) is 0.815. The number of hydrogen-bond acceptors (Lipinski definition) is 4. The highest BCUT2D eigenvalue weighted by atomic mass is 19.1. The molecule has 0 bridgehead atoms. The third-order valence-corrected chi connectivity index (χ3v) is 3.56. The molecule has 0 saturated carbocycles. The maximum atomic E-state index is 14.4. The zero-order valence-corrected chi connectivity index (χ0v) is 13.8. The monoisotopic (exact) mass is 325 g/mol. The number of amides is 2. The zero-order valence-electron chi connectivity index (χ0n) is 13.8. The van der Waals surface area contributed by atoms with Crippen molar-refractivity contribution < 1.29 is 18.7 Å². The summed E-state index contributed by atoms with van der Waals surface area (Å²) in [7, 11) is 1.56. The summed E-state index contributed by atoms with van der Waals surface area (Å²) < 4.78 is 24.9. The average Bonchev–Trinajstić information content (AvgIpc) is 2.46. The number of hydrogen-bond donors (Lipinski definition) is 2. The van der Waals surface area contributed by atoms with Crippen molar-refractivity contribution in [3.63, 3.8) is 0 Å². The molecule has 1 aliphatic rings. The molecule has 7 heteroatoms. The Kier molecular flexibility index (Phi) is 6.18. The minimum Gasteiger partial charge on any atom is -0.383 e. The zero-order chi connectivity index (χ0) is 16.8. The number of ether oxygens (including phenoxy) is 2. The summed E-state index contributed by atoms with van der Waals surface area (Å²) in [6, 6.07) is 4.32. The lowest BCUT2D eigenvalue weighted by atomic mass is 10.2. The van der Waals surface area contributed by atoms with Crippen LogP contribution in [0, 0.1) is 5.82 Å².